The molecule has 0 saturated heterocycles. The fourth-order valence-corrected chi connectivity index (χ4v) is 3.37. The van der Waals surface area contributed by atoms with E-state index >= 15 is 0 Å². The molecule has 94 valence electrons. The van der Waals surface area contributed by atoms with Crippen molar-refractivity contribution in [3.63, 3.8) is 0 Å². The number of nitrogens with zero attached hydrogens (tertiary/aromatic N) is 2. The van der Waals surface area contributed by atoms with Crippen LogP contribution in [0.4, 0.5) is 10.1 Å². The van der Waals surface area contributed by atoms with Crippen molar-refractivity contribution in [3.05, 3.63) is 16.3 Å². The van der Waals surface area contributed by atoms with Crippen molar-refractivity contribution in [3.8, 4) is 0 Å². The first-order valence-electron chi connectivity index (χ1n) is 5.91. The molecule has 1 N–H and O–H groups in total. The highest BCUT2D eigenvalue weighted by Crippen LogP contribution is 2.32. The second kappa shape index (κ2) is 5.00. The Balaban J connectivity index is 1.97. The Morgan fingerprint density at radius 3 is 2.59 bits per heavy atom. The van der Waals surface area contributed by atoms with E-state index in [4.69, 9.17) is 0 Å². The van der Waals surface area contributed by atoms with Crippen LogP contribution in [-0.2, 0) is 0 Å². The number of hydrogen-bond acceptors (Lipinski definition) is 5. The molecule has 2 atom stereocenters. The topological polar surface area (TPSA) is 68.1 Å². The van der Waals surface area contributed by atoms with Crippen LogP contribution < -0.4 is 5.32 Å². The Morgan fingerprint density at radius 1 is 1.41 bits per heavy atom. The molecule has 1 aliphatic carbocycles. The van der Waals surface area contributed by atoms with Gasteiger partial charge in [0.25, 0.3) is 0 Å². The van der Waals surface area contributed by atoms with E-state index in [0.29, 0.717) is 23.0 Å². The van der Waals surface area contributed by atoms with Crippen molar-refractivity contribution in [2.45, 2.75) is 39.2 Å². The smallest absolute Gasteiger partial charge is 0.345 e. The van der Waals surface area contributed by atoms with Crippen molar-refractivity contribution >= 4 is 21.5 Å². The minimum atomic E-state index is -0.394. The molecule has 1 aliphatic rings. The van der Waals surface area contributed by atoms with Gasteiger partial charge in [-0.3, -0.25) is 10.1 Å². The third kappa shape index (κ3) is 3.15. The van der Waals surface area contributed by atoms with Gasteiger partial charge in [0, 0.05) is 6.04 Å². The lowest BCUT2D eigenvalue weighted by atomic mass is 9.80. The number of nitro groups is 1. The molecular formula is C11H17N3O2S. The summed E-state index contributed by atoms with van der Waals surface area (Å²) in [7, 11) is 0. The normalized spacial score (nSPS) is 28.9. The molecule has 0 aliphatic heterocycles. The van der Waals surface area contributed by atoms with Gasteiger partial charge in [-0.15, -0.1) is 0 Å². The lowest BCUT2D eigenvalue weighted by molar-refractivity contribution is -0.380. The zero-order valence-corrected chi connectivity index (χ0v) is 10.9. The predicted octanol–water partition coefficient (Wildman–Crippen LogP) is 3.29. The van der Waals surface area contributed by atoms with E-state index in [1.807, 2.05) is 0 Å². The number of hydrogen-bond donors (Lipinski definition) is 1. The second-order valence-electron chi connectivity index (χ2n) is 5.02. The fourth-order valence-electron chi connectivity index (χ4n) is 2.66. The van der Waals surface area contributed by atoms with E-state index in [2.05, 4.69) is 24.1 Å². The van der Waals surface area contributed by atoms with E-state index in [9.17, 15) is 10.1 Å². The van der Waals surface area contributed by atoms with Gasteiger partial charge in [0.05, 0.1) is 4.92 Å². The summed E-state index contributed by atoms with van der Waals surface area (Å²) in [4.78, 5) is 14.2. The Kier molecular flexibility index (Phi) is 3.61. The summed E-state index contributed by atoms with van der Waals surface area (Å²) < 4.78 is 0. The number of rotatable bonds is 3. The Morgan fingerprint density at radius 2 is 2.06 bits per heavy atom. The van der Waals surface area contributed by atoms with Crippen LogP contribution in [0.25, 0.3) is 0 Å². The van der Waals surface area contributed by atoms with Crippen LogP contribution in [0, 0.1) is 22.0 Å². The Hall–Kier alpha value is -1.17. The standard InChI is InChI=1S/C11H17N3O2S/c1-7-3-8(2)5-9(4-7)13-11-12-6-10(17-11)14(15)16/h6-9H,3-5H2,1-2H3,(H,12,13). The van der Waals surface area contributed by atoms with Crippen molar-refractivity contribution in [1.82, 2.24) is 4.98 Å². The van der Waals surface area contributed by atoms with E-state index in [0.717, 1.165) is 24.2 Å². The molecule has 1 fully saturated rings. The molecule has 5 nitrogen and oxygen atoms in total. The highest BCUT2D eigenvalue weighted by atomic mass is 32.1. The SMILES string of the molecule is CC1CC(C)CC(Nc2ncc([N+](=O)[O-])s2)C1. The van der Waals surface area contributed by atoms with Gasteiger partial charge in [0.15, 0.2) is 5.13 Å². The van der Waals surface area contributed by atoms with E-state index in [-0.39, 0.29) is 5.00 Å². The molecule has 2 unspecified atom stereocenters. The van der Waals surface area contributed by atoms with Crippen molar-refractivity contribution < 1.29 is 4.92 Å². The van der Waals surface area contributed by atoms with Gasteiger partial charge in [0.2, 0.25) is 0 Å². The lowest BCUT2D eigenvalue weighted by Crippen LogP contribution is -2.30. The first kappa shape index (κ1) is 12.3. The average molecular weight is 255 g/mol. The molecule has 1 aromatic heterocycles. The van der Waals surface area contributed by atoms with E-state index in [1.165, 1.54) is 12.6 Å². The largest absolute Gasteiger partial charge is 0.359 e. The van der Waals surface area contributed by atoms with Crippen LogP contribution in [0.2, 0.25) is 0 Å². The number of thiazole rings is 1. The molecule has 0 bridgehead atoms. The Bertz CT molecular complexity index is 397. The fraction of sp³-hybridized carbons (Fsp3) is 0.727. The van der Waals surface area contributed by atoms with Crippen molar-refractivity contribution in [2.75, 3.05) is 5.32 Å². The minimum Gasteiger partial charge on any atom is -0.359 e. The highest BCUT2D eigenvalue weighted by Gasteiger charge is 2.24. The quantitative estimate of drug-likeness (QED) is 0.664. The number of anilines is 1. The van der Waals surface area contributed by atoms with Gasteiger partial charge >= 0.3 is 5.00 Å². The van der Waals surface area contributed by atoms with Gasteiger partial charge in [0.1, 0.15) is 6.20 Å². The van der Waals surface area contributed by atoms with E-state index in [1.54, 1.807) is 0 Å². The Labute approximate surface area is 104 Å². The first-order chi connectivity index (χ1) is 8.04. The maximum atomic E-state index is 10.6. The highest BCUT2D eigenvalue weighted by molar-refractivity contribution is 7.18. The third-order valence-corrected chi connectivity index (χ3v) is 4.06. The lowest BCUT2D eigenvalue weighted by Gasteiger charge is -2.31. The monoisotopic (exact) mass is 255 g/mol. The van der Waals surface area contributed by atoms with Crippen LogP contribution in [0.15, 0.2) is 6.20 Å². The average Bonchev–Trinajstić information content (AvgIpc) is 2.64. The summed E-state index contributed by atoms with van der Waals surface area (Å²) in [6.07, 6.45) is 4.84. The summed E-state index contributed by atoms with van der Waals surface area (Å²) in [5.41, 5.74) is 0. The molecule has 0 aromatic carbocycles. The molecule has 2 rings (SSSR count). The molecule has 1 saturated carbocycles. The zero-order valence-electron chi connectivity index (χ0n) is 10.0. The zero-order chi connectivity index (χ0) is 12.4. The number of nitrogens with one attached hydrogen (secondary N) is 1. The summed E-state index contributed by atoms with van der Waals surface area (Å²) in [5, 5.41) is 14.6. The van der Waals surface area contributed by atoms with Gasteiger partial charge in [-0.25, -0.2) is 4.98 Å². The first-order valence-corrected chi connectivity index (χ1v) is 6.73. The molecule has 0 radical (unpaired) electrons. The molecule has 1 heterocycles. The molecular weight excluding hydrogens is 238 g/mol. The maximum absolute atomic E-state index is 10.6. The molecule has 6 heteroatoms. The molecule has 17 heavy (non-hydrogen) atoms. The van der Waals surface area contributed by atoms with Gasteiger partial charge < -0.3 is 5.32 Å². The molecule has 0 amide bonds. The summed E-state index contributed by atoms with van der Waals surface area (Å²) in [6.45, 7) is 4.52. The maximum Gasteiger partial charge on any atom is 0.345 e. The van der Waals surface area contributed by atoms with Crippen LogP contribution in [0.3, 0.4) is 0 Å². The third-order valence-electron chi connectivity index (χ3n) is 3.18. The van der Waals surface area contributed by atoms with E-state index < -0.39 is 4.92 Å². The van der Waals surface area contributed by atoms with Crippen molar-refractivity contribution in [2.24, 2.45) is 11.8 Å². The summed E-state index contributed by atoms with van der Waals surface area (Å²) in [5.74, 6) is 1.43. The van der Waals surface area contributed by atoms with Gasteiger partial charge in [-0.1, -0.05) is 13.8 Å². The summed E-state index contributed by atoms with van der Waals surface area (Å²) >= 11 is 1.12. The minimum absolute atomic E-state index is 0.101. The number of aromatic nitrogens is 1. The molecule has 0 spiro atoms. The summed E-state index contributed by atoms with van der Waals surface area (Å²) in [6, 6.07) is 0.402. The second-order valence-corrected chi connectivity index (χ2v) is 6.03. The van der Waals surface area contributed by atoms with Crippen molar-refractivity contribution in [1.29, 1.82) is 0 Å². The van der Waals surface area contributed by atoms with Gasteiger partial charge in [-0.2, -0.15) is 0 Å². The van der Waals surface area contributed by atoms with Gasteiger partial charge in [-0.05, 0) is 42.4 Å². The van der Waals surface area contributed by atoms with Crippen LogP contribution >= 0.6 is 11.3 Å². The van der Waals surface area contributed by atoms with Crippen LogP contribution in [0.5, 0.6) is 0 Å². The predicted molar refractivity (Wildman–Crippen MR) is 68.4 cm³/mol. The van der Waals surface area contributed by atoms with Crippen LogP contribution in [-0.4, -0.2) is 15.9 Å². The molecule has 1 aromatic rings. The van der Waals surface area contributed by atoms with Crippen LogP contribution in [0.1, 0.15) is 33.1 Å².